The number of rotatable bonds is 7. The summed E-state index contributed by atoms with van der Waals surface area (Å²) in [6, 6.07) is 5.56. The van der Waals surface area contributed by atoms with Crippen molar-refractivity contribution in [2.45, 2.75) is 20.4 Å². The summed E-state index contributed by atoms with van der Waals surface area (Å²) in [5.41, 5.74) is 0.952. The maximum atomic E-state index is 11.4. The Morgan fingerprint density at radius 3 is 2.78 bits per heavy atom. The number of amides is 1. The highest BCUT2D eigenvalue weighted by Crippen LogP contribution is 2.28. The third-order valence-corrected chi connectivity index (χ3v) is 2.63. The third kappa shape index (κ3) is 4.55. The second-order valence-corrected chi connectivity index (χ2v) is 4.16. The number of hydrogen-bond acceptors (Lipinski definition) is 3. The van der Waals surface area contributed by atoms with E-state index < -0.39 is 0 Å². The van der Waals surface area contributed by atoms with Crippen LogP contribution in [0.1, 0.15) is 19.4 Å². The van der Waals surface area contributed by atoms with Crippen LogP contribution in [0.3, 0.4) is 0 Å². The van der Waals surface area contributed by atoms with E-state index >= 15 is 0 Å². The largest absolute Gasteiger partial charge is 0.482 e. The van der Waals surface area contributed by atoms with Crippen molar-refractivity contribution in [1.82, 2.24) is 10.6 Å². The smallest absolute Gasteiger partial charge is 0.257 e. The zero-order valence-electron chi connectivity index (χ0n) is 10.8. The lowest BCUT2D eigenvalue weighted by molar-refractivity contribution is -0.122. The Kier molecular flexibility index (Phi) is 6.54. The molecule has 0 aliphatic heterocycles. The Hall–Kier alpha value is -1.26. The maximum absolute atomic E-state index is 11.4. The molecule has 0 radical (unpaired) electrons. The Labute approximate surface area is 113 Å². The maximum Gasteiger partial charge on any atom is 0.257 e. The third-order valence-electron chi connectivity index (χ3n) is 2.34. The molecule has 2 N–H and O–H groups in total. The number of hydrogen-bond donors (Lipinski definition) is 2. The van der Waals surface area contributed by atoms with E-state index in [0.717, 1.165) is 12.1 Å². The normalized spacial score (nSPS) is 10.2. The quantitative estimate of drug-likeness (QED) is 0.796. The summed E-state index contributed by atoms with van der Waals surface area (Å²) in [6.45, 7) is 6.00. The number of halogens is 1. The van der Waals surface area contributed by atoms with Gasteiger partial charge in [0, 0.05) is 18.7 Å². The monoisotopic (exact) mass is 270 g/mol. The van der Waals surface area contributed by atoms with Crippen molar-refractivity contribution < 1.29 is 9.53 Å². The van der Waals surface area contributed by atoms with Crippen LogP contribution in [-0.4, -0.2) is 25.6 Å². The van der Waals surface area contributed by atoms with E-state index in [9.17, 15) is 4.79 Å². The Morgan fingerprint density at radius 1 is 1.33 bits per heavy atom. The molecule has 0 atom stereocenters. The van der Waals surface area contributed by atoms with Gasteiger partial charge in [-0.25, -0.2) is 0 Å². The average Bonchev–Trinajstić information content (AvgIpc) is 2.35. The van der Waals surface area contributed by atoms with Crippen LogP contribution in [0.4, 0.5) is 0 Å². The molecule has 100 valence electrons. The lowest BCUT2D eigenvalue weighted by Gasteiger charge is -2.13. The number of para-hydroxylation sites is 1. The van der Waals surface area contributed by atoms with Crippen LogP contribution in [0.15, 0.2) is 18.2 Å². The molecule has 0 fully saturated rings. The second kappa shape index (κ2) is 7.95. The van der Waals surface area contributed by atoms with E-state index in [-0.39, 0.29) is 12.5 Å². The minimum absolute atomic E-state index is 0.0172. The summed E-state index contributed by atoms with van der Waals surface area (Å²) in [5, 5.41) is 6.40. The van der Waals surface area contributed by atoms with E-state index in [4.69, 9.17) is 16.3 Å². The van der Waals surface area contributed by atoms with Gasteiger partial charge in [0.05, 0.1) is 5.02 Å². The average molecular weight is 271 g/mol. The van der Waals surface area contributed by atoms with Crippen LogP contribution < -0.4 is 15.4 Å². The van der Waals surface area contributed by atoms with Gasteiger partial charge in [0.2, 0.25) is 0 Å². The minimum atomic E-state index is -0.146. The molecule has 0 bridgehead atoms. The Bertz CT molecular complexity index is 397. The molecule has 0 aromatic heterocycles. The van der Waals surface area contributed by atoms with Crippen molar-refractivity contribution in [2.24, 2.45) is 0 Å². The van der Waals surface area contributed by atoms with E-state index in [2.05, 4.69) is 10.6 Å². The van der Waals surface area contributed by atoms with Crippen molar-refractivity contribution in [1.29, 1.82) is 0 Å². The van der Waals surface area contributed by atoms with Gasteiger partial charge in [-0.15, -0.1) is 0 Å². The molecule has 5 heteroatoms. The van der Waals surface area contributed by atoms with Crippen LogP contribution >= 0.6 is 11.6 Å². The molecule has 1 aromatic rings. The Balaban J connectivity index is 2.69. The van der Waals surface area contributed by atoms with Crippen molar-refractivity contribution in [2.75, 3.05) is 19.7 Å². The van der Waals surface area contributed by atoms with Crippen LogP contribution in [0.25, 0.3) is 0 Å². The molecule has 0 heterocycles. The molecular formula is C13H19ClN2O2. The molecule has 4 nitrogen and oxygen atoms in total. The number of benzene rings is 1. The minimum Gasteiger partial charge on any atom is -0.482 e. The van der Waals surface area contributed by atoms with E-state index in [0.29, 0.717) is 23.9 Å². The summed E-state index contributed by atoms with van der Waals surface area (Å²) in [7, 11) is 0. The van der Waals surface area contributed by atoms with Crippen LogP contribution in [0.2, 0.25) is 5.02 Å². The summed E-state index contributed by atoms with van der Waals surface area (Å²) >= 11 is 6.08. The predicted octanol–water partition coefficient (Wildman–Crippen LogP) is 1.96. The van der Waals surface area contributed by atoms with Crippen molar-refractivity contribution in [3.05, 3.63) is 28.8 Å². The number of likely N-dealkylation sites (N-methyl/N-ethyl adjacent to an activating group) is 1. The fourth-order valence-electron chi connectivity index (χ4n) is 1.50. The summed E-state index contributed by atoms with van der Waals surface area (Å²) in [5.74, 6) is 0.429. The van der Waals surface area contributed by atoms with Gasteiger partial charge in [-0.05, 0) is 19.5 Å². The molecule has 1 aromatic carbocycles. The molecule has 0 saturated heterocycles. The number of carbonyl (C=O) groups excluding carboxylic acids is 1. The highest BCUT2D eigenvalue weighted by molar-refractivity contribution is 6.32. The second-order valence-electron chi connectivity index (χ2n) is 3.75. The summed E-state index contributed by atoms with van der Waals surface area (Å²) in [6.07, 6.45) is 0. The molecule has 0 unspecified atom stereocenters. The predicted molar refractivity (Wildman–Crippen MR) is 73.0 cm³/mol. The first kappa shape index (κ1) is 14.8. The van der Waals surface area contributed by atoms with Crippen LogP contribution in [0.5, 0.6) is 5.75 Å². The van der Waals surface area contributed by atoms with Gasteiger partial charge < -0.3 is 15.4 Å². The number of nitrogens with one attached hydrogen (secondary N) is 2. The van der Waals surface area contributed by atoms with Crippen molar-refractivity contribution in [3.63, 3.8) is 0 Å². The molecule has 1 amide bonds. The van der Waals surface area contributed by atoms with Crippen molar-refractivity contribution >= 4 is 17.5 Å². The SMILES string of the molecule is CCNCc1cccc(Cl)c1OCC(=O)NCC. The summed E-state index contributed by atoms with van der Waals surface area (Å²) < 4.78 is 5.50. The van der Waals surface area contributed by atoms with Crippen LogP contribution in [-0.2, 0) is 11.3 Å². The van der Waals surface area contributed by atoms with E-state index in [1.54, 1.807) is 6.07 Å². The molecule has 0 aliphatic carbocycles. The first-order valence-corrected chi connectivity index (χ1v) is 6.44. The van der Waals surface area contributed by atoms with Crippen molar-refractivity contribution in [3.8, 4) is 5.75 Å². The zero-order chi connectivity index (χ0) is 13.4. The standard InChI is InChI=1S/C13H19ClN2O2/c1-3-15-8-10-6-5-7-11(14)13(10)18-9-12(17)16-4-2/h5-7,15H,3-4,8-9H2,1-2H3,(H,16,17). The van der Waals surface area contributed by atoms with Gasteiger partial charge in [0.25, 0.3) is 5.91 Å². The number of carbonyl (C=O) groups is 1. The van der Waals surface area contributed by atoms with Gasteiger partial charge in [0.15, 0.2) is 6.61 Å². The molecule has 18 heavy (non-hydrogen) atoms. The van der Waals surface area contributed by atoms with E-state index in [1.807, 2.05) is 26.0 Å². The van der Waals surface area contributed by atoms with Gasteiger partial charge >= 0.3 is 0 Å². The van der Waals surface area contributed by atoms with E-state index in [1.165, 1.54) is 0 Å². The highest BCUT2D eigenvalue weighted by Gasteiger charge is 2.10. The van der Waals surface area contributed by atoms with Gasteiger partial charge in [0.1, 0.15) is 5.75 Å². The zero-order valence-corrected chi connectivity index (χ0v) is 11.5. The molecule has 0 saturated carbocycles. The first-order valence-electron chi connectivity index (χ1n) is 6.06. The highest BCUT2D eigenvalue weighted by atomic mass is 35.5. The molecule has 1 rings (SSSR count). The summed E-state index contributed by atoms with van der Waals surface area (Å²) in [4.78, 5) is 11.4. The molecule has 0 aliphatic rings. The first-order chi connectivity index (χ1) is 8.69. The van der Waals surface area contributed by atoms with Gasteiger partial charge in [-0.2, -0.15) is 0 Å². The molecule has 0 spiro atoms. The van der Waals surface area contributed by atoms with Gasteiger partial charge in [-0.3, -0.25) is 4.79 Å². The van der Waals surface area contributed by atoms with Crippen LogP contribution in [0, 0.1) is 0 Å². The fraction of sp³-hybridized carbons (Fsp3) is 0.462. The fourth-order valence-corrected chi connectivity index (χ4v) is 1.75. The lowest BCUT2D eigenvalue weighted by Crippen LogP contribution is -2.28. The van der Waals surface area contributed by atoms with Gasteiger partial charge in [-0.1, -0.05) is 30.7 Å². The Morgan fingerprint density at radius 2 is 2.11 bits per heavy atom. The molecular weight excluding hydrogens is 252 g/mol. The lowest BCUT2D eigenvalue weighted by atomic mass is 10.2. The number of ether oxygens (including phenoxy) is 1. The topological polar surface area (TPSA) is 50.4 Å².